The fourth-order valence-corrected chi connectivity index (χ4v) is 3.29. The molecule has 7 nitrogen and oxygen atoms in total. The summed E-state index contributed by atoms with van der Waals surface area (Å²) >= 11 is 0. The smallest absolute Gasteiger partial charge is 0.303 e. The number of aliphatic carboxylic acids is 1. The molecule has 8 heteroatoms. The van der Waals surface area contributed by atoms with Crippen molar-refractivity contribution in [1.29, 1.82) is 5.41 Å². The first-order chi connectivity index (χ1) is 12.9. The fraction of sp³-hybridized carbons (Fsp3) is 0.368. The number of ether oxygens (including phenoxy) is 1. The summed E-state index contributed by atoms with van der Waals surface area (Å²) < 4.78 is 19.8. The van der Waals surface area contributed by atoms with Crippen LogP contribution >= 0.6 is 0 Å². The number of rotatable bonds is 6. The highest BCUT2D eigenvalue weighted by molar-refractivity contribution is 5.95. The van der Waals surface area contributed by atoms with Gasteiger partial charge in [0.25, 0.3) is 0 Å². The molecule has 1 saturated carbocycles. The van der Waals surface area contributed by atoms with E-state index in [0.717, 1.165) is 25.7 Å². The fourth-order valence-electron chi connectivity index (χ4n) is 3.29. The lowest BCUT2D eigenvalue weighted by Gasteiger charge is -2.27. The lowest BCUT2D eigenvalue weighted by atomic mass is 9.85. The van der Waals surface area contributed by atoms with Gasteiger partial charge >= 0.3 is 5.97 Å². The number of hydrogen-bond acceptors (Lipinski definition) is 5. The molecule has 1 heterocycles. The van der Waals surface area contributed by atoms with Gasteiger partial charge in [0.05, 0.1) is 23.7 Å². The van der Waals surface area contributed by atoms with Crippen molar-refractivity contribution in [3.63, 3.8) is 0 Å². The van der Waals surface area contributed by atoms with Gasteiger partial charge in [0, 0.05) is 12.0 Å². The number of nitrogens with two attached hydrogens (primary N) is 1. The van der Waals surface area contributed by atoms with E-state index in [-0.39, 0.29) is 29.8 Å². The van der Waals surface area contributed by atoms with E-state index in [1.54, 1.807) is 6.07 Å². The maximum atomic E-state index is 14.0. The third kappa shape index (κ3) is 4.78. The van der Waals surface area contributed by atoms with Crippen LogP contribution in [0.1, 0.15) is 37.7 Å². The van der Waals surface area contributed by atoms with Gasteiger partial charge in [-0.15, -0.1) is 0 Å². The summed E-state index contributed by atoms with van der Waals surface area (Å²) in [6.07, 6.45) is 6.44. The van der Waals surface area contributed by atoms with Gasteiger partial charge in [-0.3, -0.25) is 10.2 Å². The van der Waals surface area contributed by atoms with Crippen LogP contribution in [-0.2, 0) is 4.79 Å². The molecule has 0 unspecified atom stereocenters. The van der Waals surface area contributed by atoms with E-state index in [2.05, 4.69) is 9.97 Å². The zero-order valence-corrected chi connectivity index (χ0v) is 14.7. The number of carbonyl (C=O) groups is 1. The van der Waals surface area contributed by atoms with Crippen LogP contribution in [0.15, 0.2) is 30.6 Å². The number of benzene rings is 1. The van der Waals surface area contributed by atoms with E-state index >= 15 is 0 Å². The van der Waals surface area contributed by atoms with E-state index in [4.69, 9.17) is 21.0 Å². The Morgan fingerprint density at radius 3 is 2.56 bits per heavy atom. The molecular formula is C19H21FN4O3. The largest absolute Gasteiger partial charge is 0.481 e. The maximum absolute atomic E-state index is 14.0. The Morgan fingerprint density at radius 2 is 2.00 bits per heavy atom. The van der Waals surface area contributed by atoms with Gasteiger partial charge in [0.15, 0.2) is 0 Å². The Kier molecular flexibility index (Phi) is 5.63. The molecule has 0 radical (unpaired) electrons. The average molecular weight is 372 g/mol. The predicted molar refractivity (Wildman–Crippen MR) is 97.1 cm³/mol. The molecule has 0 spiro atoms. The lowest BCUT2D eigenvalue weighted by molar-refractivity contribution is -0.138. The Labute approximate surface area is 155 Å². The first kappa shape index (κ1) is 18.8. The van der Waals surface area contributed by atoms with Crippen molar-refractivity contribution in [1.82, 2.24) is 9.97 Å². The molecule has 1 aliphatic rings. The lowest BCUT2D eigenvalue weighted by Crippen LogP contribution is -2.25. The number of nitrogens with one attached hydrogen (secondary N) is 1. The van der Waals surface area contributed by atoms with Crippen LogP contribution in [0.5, 0.6) is 5.88 Å². The molecule has 4 N–H and O–H groups in total. The number of nitrogen functional groups attached to an aromatic ring is 1. The standard InChI is InChI=1S/C19H21FN4O3/c20-15-8-12(3-6-14(15)19(21)22)16-9-24-17(10-23-16)27-13-4-1-11(2-5-13)7-18(25)26/h3,6,8-11,13H,1-2,4-5,7H2,(H3,21,22)(H,25,26). The Morgan fingerprint density at radius 1 is 1.26 bits per heavy atom. The molecule has 1 aromatic carbocycles. The van der Waals surface area contributed by atoms with Gasteiger partial charge in [-0.05, 0) is 43.7 Å². The van der Waals surface area contributed by atoms with Gasteiger partial charge in [0.2, 0.25) is 5.88 Å². The van der Waals surface area contributed by atoms with Crippen molar-refractivity contribution in [2.24, 2.45) is 11.7 Å². The number of aromatic nitrogens is 2. The number of carboxylic acids is 1. The van der Waals surface area contributed by atoms with Crippen molar-refractivity contribution in [2.75, 3.05) is 0 Å². The van der Waals surface area contributed by atoms with Gasteiger partial charge in [0.1, 0.15) is 17.8 Å². The van der Waals surface area contributed by atoms with Crippen molar-refractivity contribution in [3.05, 3.63) is 42.0 Å². The average Bonchev–Trinajstić information content (AvgIpc) is 2.63. The minimum absolute atomic E-state index is 0.00231. The highest BCUT2D eigenvalue weighted by Crippen LogP contribution is 2.29. The van der Waals surface area contributed by atoms with E-state index in [1.807, 2.05) is 0 Å². The van der Waals surface area contributed by atoms with Crippen LogP contribution in [-0.4, -0.2) is 33.0 Å². The zero-order valence-electron chi connectivity index (χ0n) is 14.7. The van der Waals surface area contributed by atoms with E-state index in [9.17, 15) is 9.18 Å². The summed E-state index contributed by atoms with van der Waals surface area (Å²) in [5.74, 6) is -1.06. The summed E-state index contributed by atoms with van der Waals surface area (Å²) in [4.78, 5) is 19.3. The first-order valence-corrected chi connectivity index (χ1v) is 8.77. The van der Waals surface area contributed by atoms with Crippen LogP contribution in [0, 0.1) is 17.1 Å². The normalized spacial score (nSPS) is 19.4. The van der Waals surface area contributed by atoms with Gasteiger partial charge < -0.3 is 15.6 Å². The van der Waals surface area contributed by atoms with E-state index < -0.39 is 11.8 Å². The third-order valence-electron chi connectivity index (χ3n) is 4.73. The maximum Gasteiger partial charge on any atom is 0.303 e. The minimum Gasteiger partial charge on any atom is -0.481 e. The second kappa shape index (κ2) is 8.11. The van der Waals surface area contributed by atoms with Crippen LogP contribution in [0.4, 0.5) is 4.39 Å². The van der Waals surface area contributed by atoms with Crippen molar-refractivity contribution in [2.45, 2.75) is 38.2 Å². The molecule has 0 aliphatic heterocycles. The SMILES string of the molecule is N=C(N)c1ccc(-c2cnc(OC3CCC(CC(=O)O)CC3)cn2)cc1F. The summed E-state index contributed by atoms with van der Waals surface area (Å²) in [5, 5.41) is 16.2. The number of amidine groups is 1. The van der Waals surface area contributed by atoms with Crippen LogP contribution in [0.3, 0.4) is 0 Å². The van der Waals surface area contributed by atoms with E-state index in [1.165, 1.54) is 24.5 Å². The highest BCUT2D eigenvalue weighted by Gasteiger charge is 2.24. The number of halogens is 1. The molecular weight excluding hydrogens is 351 g/mol. The molecule has 0 saturated heterocycles. The second-order valence-corrected chi connectivity index (χ2v) is 6.71. The summed E-state index contributed by atoms with van der Waals surface area (Å²) in [6, 6.07) is 4.34. The zero-order chi connectivity index (χ0) is 19.4. The molecule has 1 fully saturated rings. The molecule has 0 bridgehead atoms. The minimum atomic E-state index is -0.756. The molecule has 142 valence electrons. The predicted octanol–water partition coefficient (Wildman–Crippen LogP) is 2.98. The Bertz CT molecular complexity index is 833. The first-order valence-electron chi connectivity index (χ1n) is 8.77. The Hall–Kier alpha value is -3.03. The highest BCUT2D eigenvalue weighted by atomic mass is 19.1. The third-order valence-corrected chi connectivity index (χ3v) is 4.73. The number of nitrogens with zero attached hydrogens (tertiary/aromatic N) is 2. The second-order valence-electron chi connectivity index (χ2n) is 6.71. The van der Waals surface area contributed by atoms with Crippen molar-refractivity contribution >= 4 is 11.8 Å². The molecule has 3 rings (SSSR count). The van der Waals surface area contributed by atoms with Crippen molar-refractivity contribution in [3.8, 4) is 17.1 Å². The molecule has 1 aliphatic carbocycles. The summed E-state index contributed by atoms with van der Waals surface area (Å²) in [5.41, 5.74) is 6.38. The van der Waals surface area contributed by atoms with Crippen molar-refractivity contribution < 1.29 is 19.0 Å². The van der Waals surface area contributed by atoms with E-state index in [0.29, 0.717) is 17.1 Å². The van der Waals surface area contributed by atoms with Crippen LogP contribution < -0.4 is 10.5 Å². The topological polar surface area (TPSA) is 122 Å². The summed E-state index contributed by atoms with van der Waals surface area (Å²) in [6.45, 7) is 0. The van der Waals surface area contributed by atoms with Gasteiger partial charge in [-0.2, -0.15) is 0 Å². The summed E-state index contributed by atoms with van der Waals surface area (Å²) in [7, 11) is 0. The molecule has 0 atom stereocenters. The van der Waals surface area contributed by atoms with Crippen LogP contribution in [0.25, 0.3) is 11.3 Å². The van der Waals surface area contributed by atoms with Gasteiger partial charge in [-0.1, -0.05) is 6.07 Å². The Balaban J connectivity index is 1.60. The molecule has 0 amide bonds. The molecule has 2 aromatic rings. The number of hydrogen-bond donors (Lipinski definition) is 3. The monoisotopic (exact) mass is 372 g/mol. The molecule has 1 aromatic heterocycles. The van der Waals surface area contributed by atoms with Gasteiger partial charge in [-0.25, -0.2) is 14.4 Å². The quantitative estimate of drug-likeness (QED) is 0.529. The van der Waals surface area contributed by atoms with Crippen LogP contribution in [0.2, 0.25) is 0 Å². The molecule has 27 heavy (non-hydrogen) atoms. The number of carboxylic acid groups (broad SMARTS) is 1.